The van der Waals surface area contributed by atoms with Crippen molar-refractivity contribution in [2.75, 3.05) is 0 Å². The molecule has 0 fully saturated rings. The summed E-state index contributed by atoms with van der Waals surface area (Å²) in [5, 5.41) is 4.40. The fraction of sp³-hybridized carbons (Fsp3) is 0.357. The molecular weight excluding hydrogens is 250 g/mol. The Hall–Kier alpha value is -1.48. The quantitative estimate of drug-likeness (QED) is 0.849. The van der Waals surface area contributed by atoms with E-state index in [0.29, 0.717) is 16.4 Å². The Balaban J connectivity index is 2.46. The maximum atomic E-state index is 12.1. The number of rotatable bonds is 1. The zero-order chi connectivity index (χ0) is 13.5. The van der Waals surface area contributed by atoms with Crippen LogP contribution in [0.5, 0.6) is 0 Å². The van der Waals surface area contributed by atoms with Crippen LogP contribution in [0.2, 0.25) is 5.02 Å². The molecule has 0 unspecified atom stereocenters. The fourth-order valence-corrected chi connectivity index (χ4v) is 1.98. The molecule has 0 radical (unpaired) electrons. The second kappa shape index (κ2) is 4.32. The Morgan fingerprint density at radius 1 is 1.33 bits per heavy atom. The summed E-state index contributed by atoms with van der Waals surface area (Å²) in [6, 6.07) is 5.33. The molecular formula is C14H16ClNO2. The van der Waals surface area contributed by atoms with E-state index in [1.54, 1.807) is 12.1 Å². The zero-order valence-electron chi connectivity index (χ0n) is 10.9. The molecule has 18 heavy (non-hydrogen) atoms. The van der Waals surface area contributed by atoms with E-state index in [0.717, 1.165) is 10.9 Å². The first kappa shape index (κ1) is 13.0. The average Bonchev–Trinajstić information content (AvgIpc) is 2.54. The summed E-state index contributed by atoms with van der Waals surface area (Å²) < 4.78 is 5.59. The topological polar surface area (TPSA) is 42.2 Å². The number of carbonyl (C=O) groups excluding carboxylic acids is 1. The van der Waals surface area contributed by atoms with Crippen molar-refractivity contribution in [1.29, 1.82) is 0 Å². The number of fused-ring (bicyclic) bond motifs is 1. The Morgan fingerprint density at radius 2 is 2.00 bits per heavy atom. The molecule has 0 atom stereocenters. The van der Waals surface area contributed by atoms with Gasteiger partial charge in [0.25, 0.3) is 5.91 Å². The SMILES string of the molecule is Cc1c(C(=O)NC(C)(C)C)oc2ccc(Cl)cc12. The number of hydrogen-bond acceptors (Lipinski definition) is 2. The number of benzene rings is 1. The standard InChI is InChI=1S/C14H16ClNO2/c1-8-10-7-9(15)5-6-11(10)18-12(8)13(17)16-14(2,3)4/h5-7H,1-4H3,(H,16,17). The Labute approximate surface area is 111 Å². The molecule has 0 aliphatic carbocycles. The fourth-order valence-electron chi connectivity index (χ4n) is 1.81. The van der Waals surface area contributed by atoms with Crippen molar-refractivity contribution in [3.63, 3.8) is 0 Å². The van der Waals surface area contributed by atoms with Gasteiger partial charge in [-0.1, -0.05) is 11.6 Å². The summed E-state index contributed by atoms with van der Waals surface area (Å²) in [6.45, 7) is 7.65. The number of aryl methyl sites for hydroxylation is 1. The first-order valence-corrected chi connectivity index (χ1v) is 6.17. The van der Waals surface area contributed by atoms with Gasteiger partial charge in [0.1, 0.15) is 5.58 Å². The van der Waals surface area contributed by atoms with E-state index >= 15 is 0 Å². The second-order valence-corrected chi connectivity index (χ2v) is 5.84. The lowest BCUT2D eigenvalue weighted by molar-refractivity contribution is 0.0892. The molecule has 0 saturated carbocycles. The summed E-state index contributed by atoms with van der Waals surface area (Å²) in [5.41, 5.74) is 1.20. The molecule has 0 spiro atoms. The van der Waals surface area contributed by atoms with Gasteiger partial charge in [-0.3, -0.25) is 4.79 Å². The van der Waals surface area contributed by atoms with Gasteiger partial charge in [-0.25, -0.2) is 0 Å². The van der Waals surface area contributed by atoms with Crippen LogP contribution in [0.4, 0.5) is 0 Å². The summed E-state index contributed by atoms with van der Waals surface area (Å²) >= 11 is 5.94. The van der Waals surface area contributed by atoms with Crippen LogP contribution >= 0.6 is 11.6 Å². The van der Waals surface area contributed by atoms with Gasteiger partial charge in [-0.15, -0.1) is 0 Å². The molecule has 96 valence electrons. The summed E-state index contributed by atoms with van der Waals surface area (Å²) in [5.74, 6) is 0.148. The van der Waals surface area contributed by atoms with Gasteiger partial charge in [-0.2, -0.15) is 0 Å². The third-order valence-electron chi connectivity index (χ3n) is 2.59. The van der Waals surface area contributed by atoms with Gasteiger partial charge in [0.2, 0.25) is 0 Å². The van der Waals surface area contributed by atoms with E-state index in [9.17, 15) is 4.79 Å². The predicted molar refractivity (Wildman–Crippen MR) is 73.2 cm³/mol. The summed E-state index contributed by atoms with van der Waals surface area (Å²) in [4.78, 5) is 12.1. The molecule has 1 heterocycles. The van der Waals surface area contributed by atoms with Crippen LogP contribution in [0.15, 0.2) is 22.6 Å². The van der Waals surface area contributed by atoms with Crippen molar-refractivity contribution in [1.82, 2.24) is 5.32 Å². The lowest BCUT2D eigenvalue weighted by atomic mass is 10.1. The zero-order valence-corrected chi connectivity index (χ0v) is 11.7. The summed E-state index contributed by atoms with van der Waals surface area (Å²) in [6.07, 6.45) is 0. The monoisotopic (exact) mass is 265 g/mol. The molecule has 2 aromatic rings. The molecule has 0 saturated heterocycles. The van der Waals surface area contributed by atoms with E-state index in [4.69, 9.17) is 16.0 Å². The molecule has 1 amide bonds. The Kier molecular flexibility index (Phi) is 3.11. The van der Waals surface area contributed by atoms with Crippen LogP contribution < -0.4 is 5.32 Å². The first-order chi connectivity index (χ1) is 8.28. The van der Waals surface area contributed by atoms with Crippen LogP contribution in [-0.4, -0.2) is 11.4 Å². The first-order valence-electron chi connectivity index (χ1n) is 5.79. The van der Waals surface area contributed by atoms with Crippen LogP contribution in [0, 0.1) is 6.92 Å². The molecule has 1 aromatic heterocycles. The van der Waals surface area contributed by atoms with Crippen molar-refractivity contribution >= 4 is 28.5 Å². The van der Waals surface area contributed by atoms with Crippen LogP contribution in [0.25, 0.3) is 11.0 Å². The van der Waals surface area contributed by atoms with Crippen molar-refractivity contribution in [2.45, 2.75) is 33.2 Å². The number of furan rings is 1. The number of amides is 1. The van der Waals surface area contributed by atoms with Crippen molar-refractivity contribution in [3.05, 3.63) is 34.5 Å². The van der Waals surface area contributed by atoms with Gasteiger partial charge in [0.15, 0.2) is 5.76 Å². The highest BCUT2D eigenvalue weighted by Crippen LogP contribution is 2.28. The van der Waals surface area contributed by atoms with E-state index in [-0.39, 0.29) is 11.4 Å². The van der Waals surface area contributed by atoms with Crippen molar-refractivity contribution in [2.24, 2.45) is 0 Å². The lowest BCUT2D eigenvalue weighted by Gasteiger charge is -2.19. The van der Waals surface area contributed by atoms with Crippen LogP contribution in [-0.2, 0) is 0 Å². The number of carbonyl (C=O) groups is 1. The Bertz CT molecular complexity index is 608. The van der Waals surface area contributed by atoms with Gasteiger partial charge in [0, 0.05) is 21.5 Å². The largest absolute Gasteiger partial charge is 0.451 e. The van der Waals surface area contributed by atoms with Crippen molar-refractivity contribution in [3.8, 4) is 0 Å². The minimum Gasteiger partial charge on any atom is -0.451 e. The molecule has 4 heteroatoms. The minimum absolute atomic E-state index is 0.202. The number of hydrogen-bond donors (Lipinski definition) is 1. The van der Waals surface area contributed by atoms with Gasteiger partial charge in [0.05, 0.1) is 0 Å². The third kappa shape index (κ3) is 2.51. The lowest BCUT2D eigenvalue weighted by Crippen LogP contribution is -2.40. The van der Waals surface area contributed by atoms with Gasteiger partial charge in [-0.05, 0) is 45.9 Å². The van der Waals surface area contributed by atoms with E-state index in [1.165, 1.54) is 0 Å². The highest BCUT2D eigenvalue weighted by Gasteiger charge is 2.21. The van der Waals surface area contributed by atoms with Crippen molar-refractivity contribution < 1.29 is 9.21 Å². The maximum Gasteiger partial charge on any atom is 0.287 e. The highest BCUT2D eigenvalue weighted by molar-refractivity contribution is 6.31. The van der Waals surface area contributed by atoms with Crippen LogP contribution in [0.3, 0.4) is 0 Å². The average molecular weight is 266 g/mol. The molecule has 1 aromatic carbocycles. The predicted octanol–water partition coefficient (Wildman–Crippen LogP) is 3.92. The normalized spacial score (nSPS) is 11.8. The second-order valence-electron chi connectivity index (χ2n) is 5.40. The molecule has 0 aliphatic heterocycles. The molecule has 3 nitrogen and oxygen atoms in total. The maximum absolute atomic E-state index is 12.1. The summed E-state index contributed by atoms with van der Waals surface area (Å²) in [7, 11) is 0. The molecule has 2 rings (SSSR count). The molecule has 0 bridgehead atoms. The Morgan fingerprint density at radius 3 is 2.61 bits per heavy atom. The van der Waals surface area contributed by atoms with Gasteiger partial charge < -0.3 is 9.73 Å². The van der Waals surface area contributed by atoms with Crippen LogP contribution in [0.1, 0.15) is 36.9 Å². The smallest absolute Gasteiger partial charge is 0.287 e. The molecule has 0 aliphatic rings. The van der Waals surface area contributed by atoms with E-state index < -0.39 is 0 Å². The number of halogens is 1. The highest BCUT2D eigenvalue weighted by atomic mass is 35.5. The minimum atomic E-state index is -0.292. The molecule has 1 N–H and O–H groups in total. The van der Waals surface area contributed by atoms with E-state index in [1.807, 2.05) is 33.8 Å². The third-order valence-corrected chi connectivity index (χ3v) is 2.83. The van der Waals surface area contributed by atoms with Gasteiger partial charge >= 0.3 is 0 Å². The number of nitrogens with one attached hydrogen (secondary N) is 1. The van der Waals surface area contributed by atoms with E-state index in [2.05, 4.69) is 5.32 Å².